The lowest BCUT2D eigenvalue weighted by atomic mass is 9.85. The molecule has 158 valence electrons. The molecule has 0 amide bonds. The molecule has 2 unspecified atom stereocenters. The lowest BCUT2D eigenvalue weighted by Gasteiger charge is -2.44. The van der Waals surface area contributed by atoms with Crippen LogP contribution >= 0.6 is 0 Å². The maximum atomic E-state index is 6.21. The molecular formula is C24H39NO3. The van der Waals surface area contributed by atoms with E-state index in [0.717, 1.165) is 49.3 Å². The van der Waals surface area contributed by atoms with Crippen LogP contribution in [-0.4, -0.2) is 43.9 Å². The van der Waals surface area contributed by atoms with E-state index in [2.05, 4.69) is 51.7 Å². The SMILES string of the molecule is CC1(C)CC1.COc1cc2c(cc1OC)C1CCC(OC(C)(C)C)CN1CC2. The summed E-state index contributed by atoms with van der Waals surface area (Å²) in [7, 11) is 3.41. The molecule has 0 spiro atoms. The maximum absolute atomic E-state index is 6.21. The fourth-order valence-corrected chi connectivity index (χ4v) is 4.18. The van der Waals surface area contributed by atoms with Crippen molar-refractivity contribution in [2.75, 3.05) is 27.3 Å². The predicted molar refractivity (Wildman–Crippen MR) is 114 cm³/mol. The smallest absolute Gasteiger partial charge is 0.161 e. The summed E-state index contributed by atoms with van der Waals surface area (Å²) in [5.74, 6) is 1.67. The third-order valence-electron chi connectivity index (χ3n) is 6.08. The van der Waals surface area contributed by atoms with E-state index in [1.807, 2.05) is 0 Å². The van der Waals surface area contributed by atoms with E-state index < -0.39 is 0 Å². The Bertz CT molecular complexity index is 671. The van der Waals surface area contributed by atoms with Crippen LogP contribution in [-0.2, 0) is 11.2 Å². The van der Waals surface area contributed by atoms with Crippen molar-refractivity contribution >= 4 is 0 Å². The van der Waals surface area contributed by atoms with Gasteiger partial charge in [-0.05, 0) is 81.5 Å². The quantitative estimate of drug-likeness (QED) is 0.694. The van der Waals surface area contributed by atoms with Gasteiger partial charge >= 0.3 is 0 Å². The largest absolute Gasteiger partial charge is 0.493 e. The molecule has 4 rings (SSSR count). The van der Waals surface area contributed by atoms with Crippen LogP contribution in [0.4, 0.5) is 0 Å². The minimum Gasteiger partial charge on any atom is -0.493 e. The average Bonchev–Trinajstić information content (AvgIpc) is 3.33. The Morgan fingerprint density at radius 3 is 2.14 bits per heavy atom. The van der Waals surface area contributed by atoms with Crippen LogP contribution in [0.3, 0.4) is 0 Å². The molecule has 2 heterocycles. The van der Waals surface area contributed by atoms with Crippen LogP contribution in [0.5, 0.6) is 11.5 Å². The molecule has 1 aromatic rings. The molecule has 2 fully saturated rings. The summed E-state index contributed by atoms with van der Waals surface area (Å²) in [5.41, 5.74) is 3.49. The zero-order valence-electron chi connectivity index (χ0n) is 18.9. The molecule has 1 aromatic carbocycles. The zero-order chi connectivity index (χ0) is 20.5. The molecule has 2 aliphatic heterocycles. The Morgan fingerprint density at radius 2 is 1.61 bits per heavy atom. The second-order valence-corrected chi connectivity index (χ2v) is 10.3. The van der Waals surface area contributed by atoms with Crippen molar-refractivity contribution in [2.24, 2.45) is 5.41 Å². The summed E-state index contributed by atoms with van der Waals surface area (Å²) >= 11 is 0. The number of benzene rings is 1. The molecule has 28 heavy (non-hydrogen) atoms. The van der Waals surface area contributed by atoms with Crippen LogP contribution in [0.1, 0.15) is 77.5 Å². The Kier molecular flexibility index (Phi) is 6.31. The monoisotopic (exact) mass is 389 g/mol. The van der Waals surface area contributed by atoms with Gasteiger partial charge in [0, 0.05) is 19.1 Å². The topological polar surface area (TPSA) is 30.9 Å². The van der Waals surface area contributed by atoms with Gasteiger partial charge in [-0.25, -0.2) is 0 Å². The molecule has 0 N–H and O–H groups in total. The van der Waals surface area contributed by atoms with Crippen molar-refractivity contribution in [2.45, 2.75) is 84.5 Å². The molecule has 1 saturated carbocycles. The molecule has 1 aliphatic carbocycles. The average molecular weight is 390 g/mol. The number of methoxy groups -OCH3 is 2. The van der Waals surface area contributed by atoms with Gasteiger partial charge in [-0.2, -0.15) is 0 Å². The van der Waals surface area contributed by atoms with Crippen LogP contribution in [0.15, 0.2) is 12.1 Å². The number of nitrogens with zero attached hydrogens (tertiary/aromatic N) is 1. The number of hydrogen-bond acceptors (Lipinski definition) is 4. The highest BCUT2D eigenvalue weighted by atomic mass is 16.5. The molecule has 0 aromatic heterocycles. The molecule has 3 aliphatic rings. The maximum Gasteiger partial charge on any atom is 0.161 e. The van der Waals surface area contributed by atoms with E-state index in [9.17, 15) is 0 Å². The van der Waals surface area contributed by atoms with Crippen molar-refractivity contribution in [1.82, 2.24) is 4.90 Å². The number of piperidine rings is 1. The Labute approximate surface area is 171 Å². The van der Waals surface area contributed by atoms with Crippen molar-refractivity contribution in [3.63, 3.8) is 0 Å². The van der Waals surface area contributed by atoms with Gasteiger partial charge in [0.25, 0.3) is 0 Å². The summed E-state index contributed by atoms with van der Waals surface area (Å²) in [6.45, 7) is 13.1. The van der Waals surface area contributed by atoms with Gasteiger partial charge in [0.05, 0.1) is 25.9 Å². The standard InChI is InChI=1S/C19H29NO3.C5H10/c1-19(2,3)23-14-6-7-16-15-11-18(22-5)17(21-4)10-13(15)8-9-20(16)12-14;1-5(2)3-4-5/h10-11,14,16H,6-9,12H2,1-5H3;3-4H2,1-2H3. The van der Waals surface area contributed by atoms with Crippen LogP contribution in [0.2, 0.25) is 0 Å². The third kappa shape index (κ3) is 5.42. The fraction of sp³-hybridized carbons (Fsp3) is 0.750. The van der Waals surface area contributed by atoms with E-state index in [1.54, 1.807) is 14.2 Å². The summed E-state index contributed by atoms with van der Waals surface area (Å²) in [6, 6.07) is 4.82. The van der Waals surface area contributed by atoms with Crippen LogP contribution < -0.4 is 9.47 Å². The van der Waals surface area contributed by atoms with Gasteiger partial charge in [0.2, 0.25) is 0 Å². The molecule has 0 bridgehead atoms. The molecular weight excluding hydrogens is 350 g/mol. The van der Waals surface area contributed by atoms with Crippen LogP contribution in [0, 0.1) is 5.41 Å². The first-order valence-corrected chi connectivity index (χ1v) is 10.8. The lowest BCUT2D eigenvalue weighted by Crippen LogP contribution is -2.47. The fourth-order valence-electron chi connectivity index (χ4n) is 4.18. The molecule has 2 atom stereocenters. The highest BCUT2D eigenvalue weighted by Crippen LogP contribution is 2.44. The van der Waals surface area contributed by atoms with E-state index in [0.29, 0.717) is 12.1 Å². The lowest BCUT2D eigenvalue weighted by molar-refractivity contribution is -0.0971. The number of hydrogen-bond donors (Lipinski definition) is 0. The predicted octanol–water partition coefficient (Wildman–Crippen LogP) is 5.39. The zero-order valence-corrected chi connectivity index (χ0v) is 18.9. The van der Waals surface area contributed by atoms with Crippen molar-refractivity contribution in [1.29, 1.82) is 0 Å². The minimum absolute atomic E-state index is 0.0677. The first kappa shape index (κ1) is 21.4. The number of fused-ring (bicyclic) bond motifs is 3. The van der Waals surface area contributed by atoms with Gasteiger partial charge < -0.3 is 14.2 Å². The highest BCUT2D eigenvalue weighted by molar-refractivity contribution is 5.49. The van der Waals surface area contributed by atoms with Gasteiger partial charge in [-0.3, -0.25) is 4.90 Å². The molecule has 1 saturated heterocycles. The molecule has 0 radical (unpaired) electrons. The van der Waals surface area contributed by atoms with E-state index in [1.165, 1.54) is 24.0 Å². The first-order valence-electron chi connectivity index (χ1n) is 10.8. The van der Waals surface area contributed by atoms with Crippen molar-refractivity contribution < 1.29 is 14.2 Å². The van der Waals surface area contributed by atoms with E-state index in [-0.39, 0.29) is 5.60 Å². The number of rotatable bonds is 3. The van der Waals surface area contributed by atoms with Gasteiger partial charge in [-0.1, -0.05) is 13.8 Å². The normalized spacial score (nSPS) is 25.7. The van der Waals surface area contributed by atoms with Gasteiger partial charge in [0.15, 0.2) is 11.5 Å². The minimum atomic E-state index is -0.0677. The summed E-state index contributed by atoms with van der Waals surface area (Å²) in [4.78, 5) is 2.58. The van der Waals surface area contributed by atoms with Gasteiger partial charge in [-0.15, -0.1) is 0 Å². The highest BCUT2D eigenvalue weighted by Gasteiger charge is 2.35. The van der Waals surface area contributed by atoms with Crippen molar-refractivity contribution in [3.8, 4) is 11.5 Å². The third-order valence-corrected chi connectivity index (χ3v) is 6.08. The van der Waals surface area contributed by atoms with Gasteiger partial charge in [0.1, 0.15) is 0 Å². The van der Waals surface area contributed by atoms with Crippen LogP contribution in [0.25, 0.3) is 0 Å². The second kappa shape index (κ2) is 8.23. The summed E-state index contributed by atoms with van der Waals surface area (Å²) < 4.78 is 17.2. The summed E-state index contributed by atoms with van der Waals surface area (Å²) in [6.07, 6.45) is 6.57. The molecule has 4 heteroatoms. The van der Waals surface area contributed by atoms with E-state index >= 15 is 0 Å². The Balaban J connectivity index is 0.000000391. The first-order chi connectivity index (χ1) is 13.1. The Hall–Kier alpha value is -1.26. The number of ether oxygens (including phenoxy) is 3. The molecule has 4 nitrogen and oxygen atoms in total. The van der Waals surface area contributed by atoms with Crippen molar-refractivity contribution in [3.05, 3.63) is 23.3 Å². The van der Waals surface area contributed by atoms with E-state index in [4.69, 9.17) is 14.2 Å². The Morgan fingerprint density at radius 1 is 1.00 bits per heavy atom. The second-order valence-electron chi connectivity index (χ2n) is 10.3. The summed E-state index contributed by atoms with van der Waals surface area (Å²) in [5, 5.41) is 0.